The van der Waals surface area contributed by atoms with Crippen LogP contribution in [0.2, 0.25) is 0 Å². The molecule has 5 heteroatoms. The van der Waals surface area contributed by atoms with Gasteiger partial charge >= 0.3 is 0 Å². The minimum Gasteiger partial charge on any atom is -0.336 e. The van der Waals surface area contributed by atoms with Crippen LogP contribution in [-0.4, -0.2) is 45.9 Å². The van der Waals surface area contributed by atoms with E-state index in [2.05, 4.69) is 30.7 Å². The molecule has 0 aliphatic carbocycles. The summed E-state index contributed by atoms with van der Waals surface area (Å²) in [7, 11) is 0. The number of hydrogen-bond donors (Lipinski definition) is 1. The maximum atomic E-state index is 12.7. The third kappa shape index (κ3) is 3.53. The number of aromatic nitrogens is 1. The second-order valence-electron chi connectivity index (χ2n) is 4.89. The number of nitrogens with two attached hydrogens (primary N) is 1. The average Bonchev–Trinajstić information content (AvgIpc) is 2.43. The van der Waals surface area contributed by atoms with Crippen molar-refractivity contribution in [3.63, 3.8) is 0 Å². The van der Waals surface area contributed by atoms with Gasteiger partial charge in [-0.05, 0) is 6.07 Å². The van der Waals surface area contributed by atoms with Gasteiger partial charge in [-0.25, -0.2) is 0 Å². The van der Waals surface area contributed by atoms with Gasteiger partial charge in [0.1, 0.15) is 0 Å². The van der Waals surface area contributed by atoms with E-state index in [4.69, 9.17) is 5.73 Å². The highest BCUT2D eigenvalue weighted by Gasteiger charge is 2.27. The molecule has 1 saturated heterocycles. The highest BCUT2D eigenvalue weighted by atomic mass is 32.2. The molecule has 0 bridgehead atoms. The zero-order chi connectivity index (χ0) is 14.5. The van der Waals surface area contributed by atoms with Crippen LogP contribution < -0.4 is 5.73 Å². The lowest BCUT2D eigenvalue weighted by Gasteiger charge is -2.34. The van der Waals surface area contributed by atoms with E-state index >= 15 is 0 Å². The zero-order valence-electron chi connectivity index (χ0n) is 11.8. The zero-order valence-corrected chi connectivity index (χ0v) is 12.6. The molecule has 1 fully saturated rings. The van der Waals surface area contributed by atoms with Crippen molar-refractivity contribution in [2.45, 2.75) is 24.3 Å². The number of nitrogens with zero attached hydrogens (tertiary/aromatic N) is 2. The largest absolute Gasteiger partial charge is 0.336 e. The van der Waals surface area contributed by atoms with Crippen molar-refractivity contribution in [1.82, 2.24) is 9.88 Å². The smallest absolute Gasteiger partial charge is 0.255 e. The van der Waals surface area contributed by atoms with Crippen molar-refractivity contribution < 1.29 is 4.79 Å². The van der Waals surface area contributed by atoms with E-state index in [1.54, 1.807) is 18.5 Å². The van der Waals surface area contributed by atoms with Crippen molar-refractivity contribution in [1.29, 1.82) is 0 Å². The highest BCUT2D eigenvalue weighted by Crippen LogP contribution is 2.26. The Hall–Kier alpha value is -1.51. The number of rotatable bonds is 1. The fraction of sp³-hybridized carbons (Fsp3) is 0.467. The lowest BCUT2D eigenvalue weighted by molar-refractivity contribution is 0.0753. The Morgan fingerprint density at radius 1 is 1.50 bits per heavy atom. The lowest BCUT2D eigenvalue weighted by Crippen LogP contribution is -2.44. The summed E-state index contributed by atoms with van der Waals surface area (Å²) in [5.74, 6) is 5.74. The predicted octanol–water partition coefficient (Wildman–Crippen LogP) is 1.36. The van der Waals surface area contributed by atoms with Gasteiger partial charge in [0.2, 0.25) is 0 Å². The Morgan fingerprint density at radius 2 is 2.20 bits per heavy atom. The SMILES string of the molecule is CC1CN(C(=O)c2ccncc2C#CCN)CC(C)S1. The van der Waals surface area contributed by atoms with E-state index in [-0.39, 0.29) is 12.5 Å². The van der Waals surface area contributed by atoms with E-state index in [0.29, 0.717) is 21.6 Å². The summed E-state index contributed by atoms with van der Waals surface area (Å²) in [5.41, 5.74) is 6.66. The maximum Gasteiger partial charge on any atom is 0.255 e. The van der Waals surface area contributed by atoms with Crippen LogP contribution in [0, 0.1) is 11.8 Å². The molecule has 1 aromatic rings. The van der Waals surface area contributed by atoms with E-state index in [1.165, 1.54) is 0 Å². The average molecular weight is 289 g/mol. The van der Waals surface area contributed by atoms with Gasteiger partial charge in [-0.2, -0.15) is 11.8 Å². The second-order valence-corrected chi connectivity index (χ2v) is 6.78. The lowest BCUT2D eigenvalue weighted by atomic mass is 10.1. The number of thioether (sulfide) groups is 1. The molecule has 2 unspecified atom stereocenters. The molecule has 0 saturated carbocycles. The first-order chi connectivity index (χ1) is 9.61. The van der Waals surface area contributed by atoms with Crippen molar-refractivity contribution in [3.8, 4) is 11.8 Å². The number of carbonyl (C=O) groups is 1. The van der Waals surface area contributed by atoms with Crippen molar-refractivity contribution >= 4 is 17.7 Å². The van der Waals surface area contributed by atoms with Gasteiger partial charge in [0, 0.05) is 36.0 Å². The Kier molecular flexibility index (Phi) is 5.05. The standard InChI is InChI=1S/C15H19N3OS/c1-11-9-18(10-12(2)20-11)15(19)14-5-7-17-8-13(14)4-3-6-16/h5,7-8,11-12H,6,9-10,16H2,1-2H3. The normalized spacial score (nSPS) is 22.1. The van der Waals surface area contributed by atoms with Crippen LogP contribution in [0.15, 0.2) is 18.5 Å². The monoisotopic (exact) mass is 289 g/mol. The molecule has 1 aliphatic rings. The van der Waals surface area contributed by atoms with Crippen LogP contribution in [0.4, 0.5) is 0 Å². The van der Waals surface area contributed by atoms with E-state index < -0.39 is 0 Å². The Labute approximate surface area is 124 Å². The fourth-order valence-corrected chi connectivity index (χ4v) is 3.67. The molecule has 0 aromatic carbocycles. The molecule has 2 N–H and O–H groups in total. The first-order valence-corrected chi connectivity index (χ1v) is 7.63. The summed E-state index contributed by atoms with van der Waals surface area (Å²) in [6.07, 6.45) is 3.26. The van der Waals surface area contributed by atoms with Crippen molar-refractivity contribution in [2.24, 2.45) is 5.73 Å². The van der Waals surface area contributed by atoms with E-state index in [9.17, 15) is 4.79 Å². The summed E-state index contributed by atoms with van der Waals surface area (Å²) < 4.78 is 0. The molecule has 2 rings (SSSR count). The van der Waals surface area contributed by atoms with Crippen LogP contribution in [0.3, 0.4) is 0 Å². The molecule has 106 valence electrons. The summed E-state index contributed by atoms with van der Waals surface area (Å²) in [6.45, 7) is 6.14. The Bertz CT molecular complexity index is 540. The third-order valence-corrected chi connectivity index (χ3v) is 4.31. The van der Waals surface area contributed by atoms with E-state index in [1.807, 2.05) is 16.7 Å². The van der Waals surface area contributed by atoms with Crippen LogP contribution in [0.5, 0.6) is 0 Å². The van der Waals surface area contributed by atoms with Crippen LogP contribution in [-0.2, 0) is 0 Å². The topological polar surface area (TPSA) is 59.2 Å². The number of hydrogen-bond acceptors (Lipinski definition) is 4. The summed E-state index contributed by atoms with van der Waals surface area (Å²) in [5, 5.41) is 0.922. The maximum absolute atomic E-state index is 12.7. The van der Waals surface area contributed by atoms with Gasteiger partial charge in [-0.1, -0.05) is 25.7 Å². The Morgan fingerprint density at radius 3 is 2.85 bits per heavy atom. The van der Waals surface area contributed by atoms with Gasteiger partial charge in [-0.15, -0.1) is 0 Å². The predicted molar refractivity (Wildman–Crippen MR) is 82.6 cm³/mol. The molecular weight excluding hydrogens is 270 g/mol. The van der Waals surface area contributed by atoms with Crippen LogP contribution in [0.1, 0.15) is 29.8 Å². The summed E-state index contributed by atoms with van der Waals surface area (Å²) in [4.78, 5) is 18.6. The van der Waals surface area contributed by atoms with Gasteiger partial charge in [-0.3, -0.25) is 9.78 Å². The number of amides is 1. The molecule has 1 amide bonds. The molecule has 1 aliphatic heterocycles. The molecule has 1 aromatic heterocycles. The number of pyridine rings is 1. The first-order valence-electron chi connectivity index (χ1n) is 6.69. The summed E-state index contributed by atoms with van der Waals surface area (Å²) >= 11 is 1.92. The minimum atomic E-state index is 0.0349. The molecule has 2 atom stereocenters. The molecular formula is C15H19N3OS. The van der Waals surface area contributed by atoms with Gasteiger partial charge in [0.15, 0.2) is 0 Å². The molecule has 2 heterocycles. The quantitative estimate of drug-likeness (QED) is 0.793. The van der Waals surface area contributed by atoms with Crippen LogP contribution in [0.25, 0.3) is 0 Å². The molecule has 4 nitrogen and oxygen atoms in total. The van der Waals surface area contributed by atoms with E-state index in [0.717, 1.165) is 13.1 Å². The summed E-state index contributed by atoms with van der Waals surface area (Å²) in [6, 6.07) is 1.74. The molecule has 0 spiro atoms. The first kappa shape index (κ1) is 14.9. The molecule has 0 radical (unpaired) electrons. The Balaban J connectivity index is 2.24. The van der Waals surface area contributed by atoms with Crippen molar-refractivity contribution in [3.05, 3.63) is 29.6 Å². The van der Waals surface area contributed by atoms with Gasteiger partial charge in [0.05, 0.1) is 17.7 Å². The highest BCUT2D eigenvalue weighted by molar-refractivity contribution is 8.00. The van der Waals surface area contributed by atoms with Crippen molar-refractivity contribution in [2.75, 3.05) is 19.6 Å². The number of carbonyl (C=O) groups excluding carboxylic acids is 1. The minimum absolute atomic E-state index is 0.0349. The fourth-order valence-electron chi connectivity index (χ4n) is 2.34. The van der Waals surface area contributed by atoms with Gasteiger partial charge in [0.25, 0.3) is 5.91 Å². The van der Waals surface area contributed by atoms with Crippen LogP contribution >= 0.6 is 11.8 Å². The third-order valence-electron chi connectivity index (χ3n) is 3.08. The van der Waals surface area contributed by atoms with Gasteiger partial charge < -0.3 is 10.6 Å². The second kappa shape index (κ2) is 6.78. The molecule has 20 heavy (non-hydrogen) atoms.